The average molecular weight is 215 g/mol. The first-order valence-corrected chi connectivity index (χ1v) is 3.59. The number of hydrogen-bond acceptors (Lipinski definition) is 2. The minimum Gasteiger partial charge on any atom is -0.396 e. The maximum atomic E-state index is 12.8. The summed E-state index contributed by atoms with van der Waals surface area (Å²) in [6, 6.07) is 4.53. The van der Waals surface area contributed by atoms with Crippen LogP contribution >= 0.6 is 15.9 Å². The van der Waals surface area contributed by atoms with Crippen molar-refractivity contribution in [3.8, 4) is 6.07 Å². The molecule has 0 aromatic heterocycles. The van der Waals surface area contributed by atoms with Gasteiger partial charge in [-0.3, -0.25) is 0 Å². The monoisotopic (exact) mass is 214 g/mol. The van der Waals surface area contributed by atoms with Crippen molar-refractivity contribution in [1.29, 1.82) is 5.26 Å². The van der Waals surface area contributed by atoms with Crippen LogP contribution in [-0.4, -0.2) is 0 Å². The Morgan fingerprint density at radius 2 is 2.18 bits per heavy atom. The van der Waals surface area contributed by atoms with Crippen LogP contribution in [0.5, 0.6) is 0 Å². The first kappa shape index (κ1) is 8.02. The molecule has 11 heavy (non-hydrogen) atoms. The molecule has 0 aliphatic rings. The second kappa shape index (κ2) is 2.89. The van der Waals surface area contributed by atoms with Gasteiger partial charge in [-0.1, -0.05) is 0 Å². The summed E-state index contributed by atoms with van der Waals surface area (Å²) in [7, 11) is 0. The van der Waals surface area contributed by atoms with Gasteiger partial charge in [0.25, 0.3) is 0 Å². The molecule has 0 amide bonds. The summed E-state index contributed by atoms with van der Waals surface area (Å²) in [4.78, 5) is 0. The SMILES string of the molecule is N#Cc1cc(N)c(F)c(Br)c1. The summed E-state index contributed by atoms with van der Waals surface area (Å²) < 4.78 is 13.0. The summed E-state index contributed by atoms with van der Waals surface area (Å²) in [6.07, 6.45) is 0. The van der Waals surface area contributed by atoms with E-state index in [2.05, 4.69) is 15.9 Å². The fourth-order valence-electron chi connectivity index (χ4n) is 0.675. The molecule has 0 unspecified atom stereocenters. The number of nitrogens with zero attached hydrogens (tertiary/aromatic N) is 1. The lowest BCUT2D eigenvalue weighted by Gasteiger charge is -1.98. The van der Waals surface area contributed by atoms with Gasteiger partial charge in [0.05, 0.1) is 21.8 Å². The van der Waals surface area contributed by atoms with Crippen molar-refractivity contribution in [3.05, 3.63) is 28.0 Å². The fraction of sp³-hybridized carbons (Fsp3) is 0. The maximum Gasteiger partial charge on any atom is 0.160 e. The summed E-state index contributed by atoms with van der Waals surface area (Å²) in [5, 5.41) is 8.43. The van der Waals surface area contributed by atoms with Crippen molar-refractivity contribution in [2.75, 3.05) is 5.73 Å². The van der Waals surface area contributed by atoms with Gasteiger partial charge in [0.15, 0.2) is 5.82 Å². The average Bonchev–Trinajstić information content (AvgIpc) is 1.99. The molecule has 2 nitrogen and oxygen atoms in total. The van der Waals surface area contributed by atoms with Gasteiger partial charge in [-0.25, -0.2) is 4.39 Å². The molecule has 0 aliphatic heterocycles. The van der Waals surface area contributed by atoms with Crippen molar-refractivity contribution < 1.29 is 4.39 Å². The van der Waals surface area contributed by atoms with Crippen molar-refractivity contribution in [2.45, 2.75) is 0 Å². The van der Waals surface area contributed by atoms with Crippen molar-refractivity contribution in [1.82, 2.24) is 0 Å². The molecule has 0 bridgehead atoms. The highest BCUT2D eigenvalue weighted by atomic mass is 79.9. The van der Waals surface area contributed by atoms with Crippen LogP contribution < -0.4 is 5.73 Å². The highest BCUT2D eigenvalue weighted by Gasteiger charge is 2.04. The molecule has 0 radical (unpaired) electrons. The molecule has 2 N–H and O–H groups in total. The topological polar surface area (TPSA) is 49.8 Å². The Bertz CT molecular complexity index is 307. The van der Waals surface area contributed by atoms with Crippen LogP contribution in [-0.2, 0) is 0 Å². The molecule has 0 aliphatic carbocycles. The van der Waals surface area contributed by atoms with E-state index in [0.717, 1.165) is 0 Å². The van der Waals surface area contributed by atoms with Gasteiger partial charge < -0.3 is 5.73 Å². The Morgan fingerprint density at radius 1 is 1.55 bits per heavy atom. The van der Waals surface area contributed by atoms with Crippen LogP contribution in [0.25, 0.3) is 0 Å². The smallest absolute Gasteiger partial charge is 0.160 e. The maximum absolute atomic E-state index is 12.8. The molecular formula is C7H4BrFN2. The summed E-state index contributed by atoms with van der Waals surface area (Å²) >= 11 is 2.93. The number of benzene rings is 1. The van der Waals surface area contributed by atoms with Gasteiger partial charge in [-0.05, 0) is 28.1 Å². The van der Waals surface area contributed by atoms with Crippen LogP contribution in [0.1, 0.15) is 5.56 Å². The second-order valence-electron chi connectivity index (χ2n) is 1.97. The van der Waals surface area contributed by atoms with Gasteiger partial charge in [0, 0.05) is 0 Å². The lowest BCUT2D eigenvalue weighted by atomic mass is 10.2. The largest absolute Gasteiger partial charge is 0.396 e. The number of anilines is 1. The molecule has 1 rings (SSSR count). The number of nitrogen functional groups attached to an aromatic ring is 1. The van der Waals surface area contributed by atoms with Crippen LogP contribution in [0.3, 0.4) is 0 Å². The van der Waals surface area contributed by atoms with Gasteiger partial charge in [0.1, 0.15) is 0 Å². The second-order valence-corrected chi connectivity index (χ2v) is 2.83. The quantitative estimate of drug-likeness (QED) is 0.673. The Kier molecular flexibility index (Phi) is 2.11. The van der Waals surface area contributed by atoms with E-state index in [0.29, 0.717) is 5.56 Å². The minimum atomic E-state index is -0.524. The molecule has 0 heterocycles. The van der Waals surface area contributed by atoms with E-state index in [1.807, 2.05) is 6.07 Å². The predicted molar refractivity (Wildman–Crippen MR) is 43.2 cm³/mol. The third-order valence-corrected chi connectivity index (χ3v) is 1.76. The molecule has 0 atom stereocenters. The normalized spacial score (nSPS) is 9.18. The standard InChI is InChI=1S/C7H4BrFN2/c8-5-1-4(3-10)2-6(11)7(5)9/h1-2H,11H2. The molecule has 4 heteroatoms. The Labute approximate surface area is 71.6 Å². The minimum absolute atomic E-state index is 0.0177. The number of hydrogen-bond donors (Lipinski definition) is 1. The summed E-state index contributed by atoms with van der Waals surface area (Å²) in [6.45, 7) is 0. The number of nitriles is 1. The first-order valence-electron chi connectivity index (χ1n) is 2.79. The predicted octanol–water partition coefficient (Wildman–Crippen LogP) is 2.04. The Morgan fingerprint density at radius 3 is 2.64 bits per heavy atom. The van der Waals surface area contributed by atoms with E-state index in [4.69, 9.17) is 11.0 Å². The van der Waals surface area contributed by atoms with Crippen LogP contribution in [0, 0.1) is 17.1 Å². The highest BCUT2D eigenvalue weighted by molar-refractivity contribution is 9.10. The molecule has 1 aromatic carbocycles. The van der Waals surface area contributed by atoms with Crippen LogP contribution in [0.15, 0.2) is 16.6 Å². The van der Waals surface area contributed by atoms with Crippen molar-refractivity contribution in [2.24, 2.45) is 0 Å². The summed E-state index contributed by atoms with van der Waals surface area (Å²) in [5.74, 6) is -0.524. The van der Waals surface area contributed by atoms with Crippen LogP contribution in [0.4, 0.5) is 10.1 Å². The number of rotatable bonds is 0. The molecule has 0 saturated heterocycles. The van der Waals surface area contributed by atoms with E-state index < -0.39 is 5.82 Å². The first-order chi connectivity index (χ1) is 5.15. The zero-order valence-corrected chi connectivity index (χ0v) is 7.02. The molecule has 0 spiro atoms. The lowest BCUT2D eigenvalue weighted by Crippen LogP contribution is -1.92. The van der Waals surface area contributed by atoms with Crippen LogP contribution in [0.2, 0.25) is 0 Å². The molecular weight excluding hydrogens is 211 g/mol. The summed E-state index contributed by atoms with van der Waals surface area (Å²) in [5.41, 5.74) is 5.57. The van der Waals surface area contributed by atoms with Gasteiger partial charge in [-0.15, -0.1) is 0 Å². The zero-order chi connectivity index (χ0) is 8.43. The third kappa shape index (κ3) is 1.49. The zero-order valence-electron chi connectivity index (χ0n) is 5.44. The number of halogens is 2. The Balaban J connectivity index is 3.35. The van der Waals surface area contributed by atoms with E-state index >= 15 is 0 Å². The lowest BCUT2D eigenvalue weighted by molar-refractivity contribution is 0.626. The van der Waals surface area contributed by atoms with E-state index in [9.17, 15) is 4.39 Å². The van der Waals surface area contributed by atoms with Gasteiger partial charge in [0.2, 0.25) is 0 Å². The van der Waals surface area contributed by atoms with Crippen molar-refractivity contribution >= 4 is 21.6 Å². The highest BCUT2D eigenvalue weighted by Crippen LogP contribution is 2.22. The van der Waals surface area contributed by atoms with Gasteiger partial charge >= 0.3 is 0 Å². The van der Waals surface area contributed by atoms with E-state index in [1.54, 1.807) is 0 Å². The molecule has 0 fully saturated rings. The van der Waals surface area contributed by atoms with Crippen molar-refractivity contribution in [3.63, 3.8) is 0 Å². The molecule has 56 valence electrons. The number of nitrogens with two attached hydrogens (primary N) is 1. The van der Waals surface area contributed by atoms with E-state index in [1.165, 1.54) is 12.1 Å². The molecule has 1 aromatic rings. The fourth-order valence-corrected chi connectivity index (χ4v) is 1.15. The van der Waals surface area contributed by atoms with Gasteiger partial charge in [-0.2, -0.15) is 5.26 Å². The third-order valence-electron chi connectivity index (χ3n) is 1.19. The molecule has 0 saturated carbocycles. The Hall–Kier alpha value is -1.08. The van der Waals surface area contributed by atoms with E-state index in [-0.39, 0.29) is 10.2 Å².